The third-order valence-corrected chi connectivity index (χ3v) is 3.17. The Balaban J connectivity index is 3.48. The van der Waals surface area contributed by atoms with E-state index >= 15 is 0 Å². The summed E-state index contributed by atoms with van der Waals surface area (Å²) in [6, 6.07) is 4.22. The summed E-state index contributed by atoms with van der Waals surface area (Å²) in [7, 11) is 1.94. The van der Waals surface area contributed by atoms with Crippen LogP contribution in [0.1, 0.15) is 58.2 Å². The maximum atomic E-state index is 10.5. The predicted molar refractivity (Wildman–Crippen MR) is 78.3 cm³/mol. The van der Waals surface area contributed by atoms with Crippen molar-refractivity contribution < 1.29 is 5.11 Å². The summed E-state index contributed by atoms with van der Waals surface area (Å²) in [6.45, 7) is 13.6. The fourth-order valence-electron chi connectivity index (χ4n) is 2.14. The van der Waals surface area contributed by atoms with Crippen molar-refractivity contribution in [1.29, 1.82) is 0 Å². The molecular formula is C16H27NO. The largest absolute Gasteiger partial charge is 0.507 e. The third-order valence-electron chi connectivity index (χ3n) is 3.17. The summed E-state index contributed by atoms with van der Waals surface area (Å²) in [4.78, 5) is 0. The molecule has 0 atom stereocenters. The van der Waals surface area contributed by atoms with E-state index in [0.29, 0.717) is 5.75 Å². The van der Waals surface area contributed by atoms with Crippen LogP contribution in [0.3, 0.4) is 0 Å². The van der Waals surface area contributed by atoms with Crippen molar-refractivity contribution in [3.8, 4) is 5.75 Å². The van der Waals surface area contributed by atoms with Crippen LogP contribution in [-0.4, -0.2) is 12.2 Å². The minimum Gasteiger partial charge on any atom is -0.507 e. The second kappa shape index (κ2) is 4.93. The summed E-state index contributed by atoms with van der Waals surface area (Å²) >= 11 is 0. The molecule has 102 valence electrons. The van der Waals surface area contributed by atoms with Crippen molar-refractivity contribution in [2.24, 2.45) is 0 Å². The quantitative estimate of drug-likeness (QED) is 0.837. The molecular weight excluding hydrogens is 222 g/mol. The van der Waals surface area contributed by atoms with Gasteiger partial charge in [-0.2, -0.15) is 0 Å². The SMILES string of the molecule is CNCc1cc(C(C)(C)C)c(O)c(C(C)(C)C)c1. The first-order valence-electron chi connectivity index (χ1n) is 6.59. The highest BCUT2D eigenvalue weighted by molar-refractivity contribution is 5.49. The van der Waals surface area contributed by atoms with Crippen LogP contribution in [-0.2, 0) is 17.4 Å². The van der Waals surface area contributed by atoms with Crippen molar-refractivity contribution in [3.63, 3.8) is 0 Å². The van der Waals surface area contributed by atoms with Crippen LogP contribution in [0.15, 0.2) is 12.1 Å². The van der Waals surface area contributed by atoms with E-state index < -0.39 is 0 Å². The fraction of sp³-hybridized carbons (Fsp3) is 0.625. The van der Waals surface area contributed by atoms with E-state index in [-0.39, 0.29) is 10.8 Å². The van der Waals surface area contributed by atoms with Gasteiger partial charge in [-0.15, -0.1) is 0 Å². The predicted octanol–water partition coefficient (Wildman–Crippen LogP) is 3.71. The Morgan fingerprint density at radius 1 is 0.944 bits per heavy atom. The van der Waals surface area contributed by atoms with Gasteiger partial charge >= 0.3 is 0 Å². The number of phenolic OH excluding ortho intramolecular Hbond substituents is 1. The lowest BCUT2D eigenvalue weighted by molar-refractivity contribution is 0.422. The van der Waals surface area contributed by atoms with E-state index in [0.717, 1.165) is 17.7 Å². The zero-order valence-corrected chi connectivity index (χ0v) is 12.8. The average molecular weight is 249 g/mol. The van der Waals surface area contributed by atoms with Crippen molar-refractivity contribution in [3.05, 3.63) is 28.8 Å². The molecule has 0 bridgehead atoms. The molecule has 0 aliphatic heterocycles. The zero-order valence-electron chi connectivity index (χ0n) is 12.8. The van der Waals surface area contributed by atoms with E-state index in [1.165, 1.54) is 5.56 Å². The first-order chi connectivity index (χ1) is 8.07. The number of rotatable bonds is 2. The van der Waals surface area contributed by atoms with E-state index in [2.05, 4.69) is 59.0 Å². The van der Waals surface area contributed by atoms with Gasteiger partial charge in [-0.05, 0) is 34.6 Å². The fourth-order valence-corrected chi connectivity index (χ4v) is 2.14. The van der Waals surface area contributed by atoms with Crippen LogP contribution in [0, 0.1) is 0 Å². The van der Waals surface area contributed by atoms with Crippen molar-refractivity contribution in [2.75, 3.05) is 7.05 Å². The van der Waals surface area contributed by atoms with Crippen LogP contribution in [0.25, 0.3) is 0 Å². The van der Waals surface area contributed by atoms with Gasteiger partial charge in [0.25, 0.3) is 0 Å². The van der Waals surface area contributed by atoms with Gasteiger partial charge < -0.3 is 10.4 Å². The van der Waals surface area contributed by atoms with Gasteiger partial charge in [0.05, 0.1) is 0 Å². The lowest BCUT2D eigenvalue weighted by atomic mass is 9.78. The molecule has 0 unspecified atom stereocenters. The molecule has 1 aromatic rings. The number of benzene rings is 1. The molecule has 0 saturated heterocycles. The molecule has 0 aliphatic carbocycles. The van der Waals surface area contributed by atoms with Gasteiger partial charge in [-0.3, -0.25) is 0 Å². The van der Waals surface area contributed by atoms with Gasteiger partial charge in [-0.1, -0.05) is 53.7 Å². The van der Waals surface area contributed by atoms with Crippen molar-refractivity contribution >= 4 is 0 Å². The average Bonchev–Trinajstić information content (AvgIpc) is 2.17. The van der Waals surface area contributed by atoms with Gasteiger partial charge in [0.1, 0.15) is 5.75 Å². The van der Waals surface area contributed by atoms with Crippen LogP contribution in [0.5, 0.6) is 5.75 Å². The Hall–Kier alpha value is -1.02. The molecule has 1 rings (SSSR count). The molecule has 0 amide bonds. The van der Waals surface area contributed by atoms with Gasteiger partial charge in [-0.25, -0.2) is 0 Å². The maximum Gasteiger partial charge on any atom is 0.123 e. The third kappa shape index (κ3) is 3.26. The minimum atomic E-state index is -0.0478. The van der Waals surface area contributed by atoms with Crippen LogP contribution in [0.2, 0.25) is 0 Å². The Kier molecular flexibility index (Phi) is 4.12. The molecule has 0 saturated carbocycles. The molecule has 1 aromatic carbocycles. The van der Waals surface area contributed by atoms with E-state index in [9.17, 15) is 5.11 Å². The molecule has 2 N–H and O–H groups in total. The first kappa shape index (κ1) is 15.0. The highest BCUT2D eigenvalue weighted by Crippen LogP contribution is 2.39. The first-order valence-corrected chi connectivity index (χ1v) is 6.59. The molecule has 0 heterocycles. The highest BCUT2D eigenvalue weighted by Gasteiger charge is 2.26. The molecule has 0 radical (unpaired) electrons. The summed E-state index contributed by atoms with van der Waals surface area (Å²) in [5.74, 6) is 0.454. The minimum absolute atomic E-state index is 0.0478. The number of nitrogens with one attached hydrogen (secondary N) is 1. The topological polar surface area (TPSA) is 32.3 Å². The summed E-state index contributed by atoms with van der Waals surface area (Å²) in [6.07, 6.45) is 0. The van der Waals surface area contributed by atoms with E-state index in [4.69, 9.17) is 0 Å². The standard InChI is InChI=1S/C16H27NO/c1-15(2,3)12-8-11(10-17-7)9-13(14(12)18)16(4,5)6/h8-9,17-18H,10H2,1-7H3. The summed E-state index contributed by atoms with van der Waals surface area (Å²) in [5, 5.41) is 13.7. The number of aromatic hydroxyl groups is 1. The molecule has 18 heavy (non-hydrogen) atoms. The number of hydrogen-bond donors (Lipinski definition) is 2. The van der Waals surface area contributed by atoms with E-state index in [1.54, 1.807) is 0 Å². The van der Waals surface area contributed by atoms with Crippen molar-refractivity contribution in [1.82, 2.24) is 5.32 Å². The molecule has 0 aromatic heterocycles. The Morgan fingerprint density at radius 3 is 1.61 bits per heavy atom. The smallest absolute Gasteiger partial charge is 0.123 e. The Bertz CT molecular complexity index is 387. The molecule has 2 nitrogen and oxygen atoms in total. The van der Waals surface area contributed by atoms with Gasteiger partial charge in [0, 0.05) is 6.54 Å². The van der Waals surface area contributed by atoms with Gasteiger partial charge in [0.15, 0.2) is 0 Å². The zero-order chi connectivity index (χ0) is 14.1. The lowest BCUT2D eigenvalue weighted by Crippen LogP contribution is -2.19. The maximum absolute atomic E-state index is 10.5. The Labute approximate surface area is 111 Å². The summed E-state index contributed by atoms with van der Waals surface area (Å²) < 4.78 is 0. The van der Waals surface area contributed by atoms with Crippen LogP contribution in [0.4, 0.5) is 0 Å². The number of hydrogen-bond acceptors (Lipinski definition) is 2. The number of phenols is 1. The van der Waals surface area contributed by atoms with Crippen LogP contribution >= 0.6 is 0 Å². The molecule has 0 fully saturated rings. The Morgan fingerprint density at radius 2 is 1.33 bits per heavy atom. The monoisotopic (exact) mass is 249 g/mol. The second-order valence-corrected chi connectivity index (χ2v) is 7.07. The van der Waals surface area contributed by atoms with Crippen LogP contribution < -0.4 is 5.32 Å². The molecule has 0 spiro atoms. The van der Waals surface area contributed by atoms with Crippen molar-refractivity contribution in [2.45, 2.75) is 58.9 Å². The molecule has 2 heteroatoms. The lowest BCUT2D eigenvalue weighted by Gasteiger charge is -2.28. The normalized spacial score (nSPS) is 12.8. The second-order valence-electron chi connectivity index (χ2n) is 7.07. The summed E-state index contributed by atoms with van der Waals surface area (Å²) in [5.41, 5.74) is 3.19. The van der Waals surface area contributed by atoms with Gasteiger partial charge in [0.2, 0.25) is 0 Å². The highest BCUT2D eigenvalue weighted by atomic mass is 16.3. The molecule has 0 aliphatic rings. The van der Waals surface area contributed by atoms with E-state index in [1.807, 2.05) is 7.05 Å².